The van der Waals surface area contributed by atoms with Gasteiger partial charge < -0.3 is 4.74 Å². The standard InChI is InChI=1S/C16H12BrFO2/c17-15-12(4-1-5-13(15)18)16(19)11-6-7-14-10(9-11)3-2-8-20-14/h1,4-7,9H,2-3,8H2. The van der Waals surface area contributed by atoms with Crippen molar-refractivity contribution in [3.63, 3.8) is 0 Å². The normalized spacial score (nSPS) is 13.5. The first-order chi connectivity index (χ1) is 9.66. The van der Waals surface area contributed by atoms with Crippen LogP contribution in [-0.2, 0) is 6.42 Å². The van der Waals surface area contributed by atoms with Crippen LogP contribution in [-0.4, -0.2) is 12.4 Å². The molecule has 2 aromatic carbocycles. The number of aryl methyl sites for hydroxylation is 1. The lowest BCUT2D eigenvalue weighted by Gasteiger charge is -2.17. The monoisotopic (exact) mass is 334 g/mol. The summed E-state index contributed by atoms with van der Waals surface area (Å²) in [4.78, 5) is 12.5. The average molecular weight is 335 g/mol. The minimum absolute atomic E-state index is 0.190. The molecule has 102 valence electrons. The van der Waals surface area contributed by atoms with Gasteiger partial charge in [0.25, 0.3) is 0 Å². The van der Waals surface area contributed by atoms with Gasteiger partial charge in [-0.2, -0.15) is 0 Å². The number of carbonyl (C=O) groups excluding carboxylic acids is 1. The van der Waals surface area contributed by atoms with E-state index in [1.54, 1.807) is 12.1 Å². The number of ketones is 1. The lowest BCUT2D eigenvalue weighted by atomic mass is 9.98. The van der Waals surface area contributed by atoms with Gasteiger partial charge in [-0.3, -0.25) is 4.79 Å². The molecular formula is C16H12BrFO2. The van der Waals surface area contributed by atoms with Crippen molar-refractivity contribution in [2.45, 2.75) is 12.8 Å². The van der Waals surface area contributed by atoms with Crippen LogP contribution in [0.3, 0.4) is 0 Å². The Bertz CT molecular complexity index is 682. The fourth-order valence-electron chi connectivity index (χ4n) is 2.34. The molecule has 0 atom stereocenters. The second-order valence-electron chi connectivity index (χ2n) is 4.71. The molecule has 0 aromatic heterocycles. The highest BCUT2D eigenvalue weighted by Crippen LogP contribution is 2.28. The van der Waals surface area contributed by atoms with Gasteiger partial charge in [-0.15, -0.1) is 0 Å². The van der Waals surface area contributed by atoms with Gasteiger partial charge in [0.05, 0.1) is 11.1 Å². The highest BCUT2D eigenvalue weighted by atomic mass is 79.9. The Kier molecular flexibility index (Phi) is 3.57. The molecule has 1 aliphatic rings. The summed E-state index contributed by atoms with van der Waals surface area (Å²) in [5, 5.41) is 0. The molecule has 0 radical (unpaired) electrons. The van der Waals surface area contributed by atoms with Crippen LogP contribution in [0.1, 0.15) is 27.9 Å². The van der Waals surface area contributed by atoms with Gasteiger partial charge in [-0.05, 0) is 64.7 Å². The predicted octanol–water partition coefficient (Wildman–Crippen LogP) is 4.14. The number of carbonyl (C=O) groups is 1. The predicted molar refractivity (Wildman–Crippen MR) is 77.8 cm³/mol. The molecule has 1 aliphatic heterocycles. The van der Waals surface area contributed by atoms with Gasteiger partial charge in [-0.25, -0.2) is 4.39 Å². The van der Waals surface area contributed by atoms with E-state index >= 15 is 0 Å². The van der Waals surface area contributed by atoms with Gasteiger partial charge in [0.15, 0.2) is 5.78 Å². The van der Waals surface area contributed by atoms with Gasteiger partial charge in [0, 0.05) is 11.1 Å². The van der Waals surface area contributed by atoms with Crippen LogP contribution < -0.4 is 4.74 Å². The van der Waals surface area contributed by atoms with Crippen molar-refractivity contribution >= 4 is 21.7 Å². The van der Waals surface area contributed by atoms with Crippen molar-refractivity contribution in [2.24, 2.45) is 0 Å². The van der Waals surface area contributed by atoms with E-state index in [4.69, 9.17) is 4.74 Å². The molecule has 3 rings (SSSR count). The van der Waals surface area contributed by atoms with Crippen LogP contribution in [0.4, 0.5) is 4.39 Å². The fourth-order valence-corrected chi connectivity index (χ4v) is 2.78. The van der Waals surface area contributed by atoms with E-state index in [1.807, 2.05) is 12.1 Å². The zero-order valence-corrected chi connectivity index (χ0v) is 12.2. The Morgan fingerprint density at radius 1 is 1.25 bits per heavy atom. The van der Waals surface area contributed by atoms with Crippen LogP contribution >= 0.6 is 15.9 Å². The minimum Gasteiger partial charge on any atom is -0.493 e. The van der Waals surface area contributed by atoms with Gasteiger partial charge in [0.1, 0.15) is 11.6 Å². The largest absolute Gasteiger partial charge is 0.493 e. The molecule has 0 saturated heterocycles. The Morgan fingerprint density at radius 3 is 2.95 bits per heavy atom. The number of rotatable bonds is 2. The Hall–Kier alpha value is -1.68. The summed E-state index contributed by atoms with van der Waals surface area (Å²) in [5.41, 5.74) is 1.93. The minimum atomic E-state index is -0.433. The molecule has 0 unspecified atom stereocenters. The van der Waals surface area contributed by atoms with Crippen molar-refractivity contribution in [3.05, 3.63) is 63.4 Å². The molecule has 0 fully saturated rings. The van der Waals surface area contributed by atoms with E-state index in [0.29, 0.717) is 11.1 Å². The molecule has 2 aromatic rings. The van der Waals surface area contributed by atoms with Crippen molar-refractivity contribution in [1.82, 2.24) is 0 Å². The fraction of sp³-hybridized carbons (Fsp3) is 0.188. The highest BCUT2D eigenvalue weighted by Gasteiger charge is 2.18. The van der Waals surface area contributed by atoms with E-state index < -0.39 is 5.82 Å². The highest BCUT2D eigenvalue weighted by molar-refractivity contribution is 9.10. The average Bonchev–Trinajstić information content (AvgIpc) is 2.49. The first-order valence-electron chi connectivity index (χ1n) is 6.41. The number of benzene rings is 2. The second-order valence-corrected chi connectivity index (χ2v) is 5.50. The smallest absolute Gasteiger partial charge is 0.194 e. The topological polar surface area (TPSA) is 26.3 Å². The summed E-state index contributed by atoms with van der Waals surface area (Å²) in [6, 6.07) is 9.86. The van der Waals surface area contributed by atoms with E-state index in [-0.39, 0.29) is 10.3 Å². The van der Waals surface area contributed by atoms with Crippen molar-refractivity contribution in [1.29, 1.82) is 0 Å². The molecule has 20 heavy (non-hydrogen) atoms. The molecule has 2 nitrogen and oxygen atoms in total. The molecule has 0 amide bonds. The Balaban J connectivity index is 2.00. The second kappa shape index (κ2) is 5.37. The van der Waals surface area contributed by atoms with Crippen molar-refractivity contribution in [3.8, 4) is 5.75 Å². The van der Waals surface area contributed by atoms with Gasteiger partial charge in [-0.1, -0.05) is 6.07 Å². The van der Waals surface area contributed by atoms with Crippen LogP contribution in [0.5, 0.6) is 5.75 Å². The lowest BCUT2D eigenvalue weighted by molar-refractivity contribution is 0.103. The van der Waals surface area contributed by atoms with E-state index in [2.05, 4.69) is 15.9 Å². The van der Waals surface area contributed by atoms with Crippen LogP contribution in [0, 0.1) is 5.82 Å². The third-order valence-electron chi connectivity index (χ3n) is 3.37. The zero-order valence-electron chi connectivity index (χ0n) is 10.7. The number of hydrogen-bond acceptors (Lipinski definition) is 2. The maximum absolute atomic E-state index is 13.5. The first-order valence-corrected chi connectivity index (χ1v) is 7.20. The summed E-state index contributed by atoms with van der Waals surface area (Å²) in [7, 11) is 0. The van der Waals surface area contributed by atoms with Crippen LogP contribution in [0.2, 0.25) is 0 Å². The molecule has 0 aliphatic carbocycles. The SMILES string of the molecule is O=C(c1ccc2c(c1)CCCO2)c1cccc(F)c1Br. The molecule has 0 saturated carbocycles. The van der Waals surface area contributed by atoms with Gasteiger partial charge in [0.2, 0.25) is 0 Å². The number of fused-ring (bicyclic) bond motifs is 1. The first kappa shape index (κ1) is 13.3. The summed E-state index contributed by atoms with van der Waals surface area (Å²) in [5.74, 6) is 0.216. The Labute approximate surface area is 124 Å². The van der Waals surface area contributed by atoms with Crippen LogP contribution in [0.25, 0.3) is 0 Å². The molecule has 4 heteroatoms. The molecular weight excluding hydrogens is 323 g/mol. The molecule has 0 N–H and O–H groups in total. The van der Waals surface area contributed by atoms with Crippen molar-refractivity contribution in [2.75, 3.05) is 6.61 Å². The summed E-state index contributed by atoms with van der Waals surface area (Å²) < 4.78 is 19.2. The molecule has 0 spiro atoms. The maximum atomic E-state index is 13.5. The third-order valence-corrected chi connectivity index (χ3v) is 4.17. The number of hydrogen-bond donors (Lipinski definition) is 0. The molecule has 1 heterocycles. The third kappa shape index (κ3) is 2.36. The zero-order chi connectivity index (χ0) is 14.1. The molecule has 0 bridgehead atoms. The van der Waals surface area contributed by atoms with Gasteiger partial charge >= 0.3 is 0 Å². The quantitative estimate of drug-likeness (QED) is 0.771. The number of ether oxygens (including phenoxy) is 1. The summed E-state index contributed by atoms with van der Waals surface area (Å²) in [6.45, 7) is 0.718. The lowest BCUT2D eigenvalue weighted by Crippen LogP contribution is -2.10. The number of halogens is 2. The Morgan fingerprint density at radius 2 is 2.10 bits per heavy atom. The van der Waals surface area contributed by atoms with E-state index in [1.165, 1.54) is 12.1 Å². The summed E-state index contributed by atoms with van der Waals surface area (Å²) in [6.07, 6.45) is 1.86. The maximum Gasteiger partial charge on any atom is 0.194 e. The summed E-state index contributed by atoms with van der Waals surface area (Å²) >= 11 is 3.13. The van der Waals surface area contributed by atoms with Crippen LogP contribution in [0.15, 0.2) is 40.9 Å². The van der Waals surface area contributed by atoms with E-state index in [0.717, 1.165) is 30.8 Å². The van der Waals surface area contributed by atoms with Crippen molar-refractivity contribution < 1.29 is 13.9 Å². The van der Waals surface area contributed by atoms with E-state index in [9.17, 15) is 9.18 Å².